The summed E-state index contributed by atoms with van der Waals surface area (Å²) >= 11 is 0. The molecule has 0 bridgehead atoms. The summed E-state index contributed by atoms with van der Waals surface area (Å²) in [4.78, 5) is 4.67. The van der Waals surface area contributed by atoms with Gasteiger partial charge in [-0.3, -0.25) is 4.99 Å². The first-order valence-corrected chi connectivity index (χ1v) is 10.4. The number of hydrogen-bond donors (Lipinski definition) is 2. The van der Waals surface area contributed by atoms with Gasteiger partial charge in [-0.15, -0.1) is 34.2 Å². The second-order valence-electron chi connectivity index (χ2n) is 6.49. The lowest BCUT2D eigenvalue weighted by molar-refractivity contribution is 0.146. The highest BCUT2D eigenvalue weighted by Crippen LogP contribution is 2.17. The van der Waals surface area contributed by atoms with Crippen molar-refractivity contribution in [3.63, 3.8) is 0 Å². The normalized spacial score (nSPS) is 11.1. The Hall–Kier alpha value is -1.88. The van der Waals surface area contributed by atoms with Gasteiger partial charge in [0.2, 0.25) is 0 Å². The lowest BCUT2D eigenvalue weighted by atomic mass is 10.1. The van der Waals surface area contributed by atoms with Crippen LogP contribution < -0.4 is 15.4 Å². The molecule has 0 aliphatic rings. The minimum absolute atomic E-state index is 0. The second-order valence-corrected chi connectivity index (χ2v) is 6.49. The quantitative estimate of drug-likeness (QED) is 0.179. The number of hydrogen-bond acceptors (Lipinski definition) is 5. The van der Waals surface area contributed by atoms with Crippen LogP contribution in [-0.2, 0) is 24.1 Å². The van der Waals surface area contributed by atoms with Gasteiger partial charge in [0.15, 0.2) is 5.96 Å². The molecule has 0 saturated heterocycles. The number of benzene rings is 1. The molecule has 0 radical (unpaired) electrons. The Bertz CT molecular complexity index is 738. The van der Waals surface area contributed by atoms with E-state index < -0.39 is 0 Å². The van der Waals surface area contributed by atoms with Gasteiger partial charge in [0, 0.05) is 45.8 Å². The Kier molecular flexibility index (Phi) is 13.9. The van der Waals surface area contributed by atoms with Crippen LogP contribution in [0.3, 0.4) is 0 Å². The molecule has 0 spiro atoms. The number of ether oxygens (including phenoxy) is 2. The van der Waals surface area contributed by atoms with Crippen LogP contribution in [0.5, 0.6) is 5.75 Å². The molecule has 0 unspecified atom stereocenters. The Labute approximate surface area is 196 Å². The number of nitrogens with one attached hydrogen (secondary N) is 2. The number of aryl methyl sites for hydroxylation is 1. The first kappa shape index (κ1) is 26.2. The maximum Gasteiger partial charge on any atom is 0.191 e. The molecule has 0 atom stereocenters. The van der Waals surface area contributed by atoms with Gasteiger partial charge in [-0.25, -0.2) is 0 Å². The van der Waals surface area contributed by atoms with Crippen molar-refractivity contribution in [1.82, 2.24) is 25.4 Å². The van der Waals surface area contributed by atoms with Crippen molar-refractivity contribution in [2.75, 3.05) is 40.0 Å². The average molecular weight is 530 g/mol. The molecular formula is C21H35IN6O2. The summed E-state index contributed by atoms with van der Waals surface area (Å²) in [5.41, 5.74) is 1.18. The molecule has 0 saturated carbocycles. The van der Waals surface area contributed by atoms with Gasteiger partial charge in [0.1, 0.15) is 17.9 Å². The van der Waals surface area contributed by atoms with Gasteiger partial charge >= 0.3 is 0 Å². The van der Waals surface area contributed by atoms with Crippen molar-refractivity contribution in [3.05, 3.63) is 42.0 Å². The predicted octanol–water partition coefficient (Wildman–Crippen LogP) is 2.67. The van der Waals surface area contributed by atoms with Crippen LogP contribution in [0.15, 0.2) is 35.6 Å². The van der Waals surface area contributed by atoms with Crippen LogP contribution in [0.1, 0.15) is 31.7 Å². The molecule has 9 heteroatoms. The summed E-state index contributed by atoms with van der Waals surface area (Å²) in [5.74, 6) is 2.71. The number of para-hydroxylation sites is 1. The van der Waals surface area contributed by atoms with E-state index in [-0.39, 0.29) is 24.0 Å². The molecule has 0 aliphatic carbocycles. The lowest BCUT2D eigenvalue weighted by Crippen LogP contribution is -2.40. The zero-order valence-corrected chi connectivity index (χ0v) is 20.6. The standard InChI is InChI=1S/C21H34N6O2.HI/c1-4-20-26-25-17-27(20)15-14-24-21(22-12-8-16-29-5-2)23-13-11-18-9-6-7-10-19(18)28-3;/h6-7,9-10,17H,4-5,8,11-16H2,1-3H3,(H2,22,23,24);1H. The topological polar surface area (TPSA) is 85.6 Å². The van der Waals surface area contributed by atoms with Crippen LogP contribution in [0.2, 0.25) is 0 Å². The summed E-state index contributed by atoms with van der Waals surface area (Å²) in [5, 5.41) is 14.9. The largest absolute Gasteiger partial charge is 0.496 e. The number of guanidine groups is 1. The van der Waals surface area contributed by atoms with E-state index in [2.05, 4.69) is 43.4 Å². The Morgan fingerprint density at radius 1 is 1.17 bits per heavy atom. The molecular weight excluding hydrogens is 495 g/mol. The maximum absolute atomic E-state index is 5.43. The van der Waals surface area contributed by atoms with Crippen LogP contribution in [-0.4, -0.2) is 60.7 Å². The summed E-state index contributed by atoms with van der Waals surface area (Å²) in [6, 6.07) is 8.09. The fraction of sp³-hybridized carbons (Fsp3) is 0.571. The van der Waals surface area contributed by atoms with Crippen LogP contribution in [0.25, 0.3) is 0 Å². The third-order valence-electron chi connectivity index (χ3n) is 4.46. The van der Waals surface area contributed by atoms with E-state index in [1.54, 1.807) is 13.4 Å². The van der Waals surface area contributed by atoms with Crippen molar-refractivity contribution >= 4 is 29.9 Å². The first-order chi connectivity index (χ1) is 14.3. The van der Waals surface area contributed by atoms with E-state index in [4.69, 9.17) is 9.47 Å². The minimum atomic E-state index is 0. The Morgan fingerprint density at radius 3 is 2.73 bits per heavy atom. The number of nitrogens with zero attached hydrogens (tertiary/aromatic N) is 4. The van der Waals surface area contributed by atoms with Crippen LogP contribution >= 0.6 is 24.0 Å². The summed E-state index contributed by atoms with van der Waals surface area (Å²) in [7, 11) is 1.70. The summed E-state index contributed by atoms with van der Waals surface area (Å²) < 4.78 is 12.9. The van der Waals surface area contributed by atoms with Crippen LogP contribution in [0, 0.1) is 0 Å². The Balaban J connectivity index is 0.00000450. The fourth-order valence-electron chi connectivity index (χ4n) is 2.94. The highest BCUT2D eigenvalue weighted by molar-refractivity contribution is 14.0. The number of aliphatic imine (C=N–C) groups is 1. The molecule has 8 nitrogen and oxygen atoms in total. The average Bonchev–Trinajstić information content (AvgIpc) is 3.21. The van der Waals surface area contributed by atoms with Gasteiger partial charge in [0.25, 0.3) is 0 Å². The molecule has 0 fully saturated rings. The van der Waals surface area contributed by atoms with E-state index in [1.165, 1.54) is 5.56 Å². The second kappa shape index (κ2) is 15.9. The lowest BCUT2D eigenvalue weighted by Gasteiger charge is -2.14. The van der Waals surface area contributed by atoms with Crippen molar-refractivity contribution in [2.24, 2.45) is 4.99 Å². The van der Waals surface area contributed by atoms with Gasteiger partial charge in [-0.05, 0) is 31.4 Å². The number of rotatable bonds is 13. The molecule has 30 heavy (non-hydrogen) atoms. The van der Waals surface area contributed by atoms with Gasteiger partial charge in [0.05, 0.1) is 7.11 Å². The van der Waals surface area contributed by atoms with E-state index >= 15 is 0 Å². The van der Waals surface area contributed by atoms with Crippen molar-refractivity contribution in [1.29, 1.82) is 0 Å². The van der Waals surface area contributed by atoms with E-state index in [0.29, 0.717) is 0 Å². The van der Waals surface area contributed by atoms with E-state index in [0.717, 1.165) is 76.2 Å². The summed E-state index contributed by atoms with van der Waals surface area (Å²) in [6.07, 6.45) is 4.40. The predicted molar refractivity (Wildman–Crippen MR) is 131 cm³/mol. The number of aromatic nitrogens is 3. The molecule has 1 heterocycles. The van der Waals surface area contributed by atoms with Crippen molar-refractivity contribution < 1.29 is 9.47 Å². The third-order valence-corrected chi connectivity index (χ3v) is 4.46. The monoisotopic (exact) mass is 530 g/mol. The Morgan fingerprint density at radius 2 is 1.97 bits per heavy atom. The molecule has 168 valence electrons. The third kappa shape index (κ3) is 9.29. The maximum atomic E-state index is 5.43. The first-order valence-electron chi connectivity index (χ1n) is 10.4. The molecule has 0 amide bonds. The molecule has 2 N–H and O–H groups in total. The number of halogens is 1. The van der Waals surface area contributed by atoms with Gasteiger partial charge < -0.3 is 24.7 Å². The molecule has 1 aromatic carbocycles. The van der Waals surface area contributed by atoms with Gasteiger partial charge in [-0.2, -0.15) is 0 Å². The van der Waals surface area contributed by atoms with E-state index in [1.807, 2.05) is 25.1 Å². The number of methoxy groups -OCH3 is 1. The van der Waals surface area contributed by atoms with Gasteiger partial charge in [-0.1, -0.05) is 25.1 Å². The molecule has 0 aliphatic heterocycles. The molecule has 2 aromatic rings. The van der Waals surface area contributed by atoms with Crippen LogP contribution in [0.4, 0.5) is 0 Å². The highest BCUT2D eigenvalue weighted by atomic mass is 127. The smallest absolute Gasteiger partial charge is 0.191 e. The minimum Gasteiger partial charge on any atom is -0.496 e. The van der Waals surface area contributed by atoms with Crippen molar-refractivity contribution in [2.45, 2.75) is 39.7 Å². The SMILES string of the molecule is CCOCCCN=C(NCCc1ccccc1OC)NCCn1cnnc1CC.I. The summed E-state index contributed by atoms with van der Waals surface area (Å²) in [6.45, 7) is 8.59. The fourth-order valence-corrected chi connectivity index (χ4v) is 2.94. The zero-order chi connectivity index (χ0) is 20.7. The van der Waals surface area contributed by atoms with E-state index in [9.17, 15) is 0 Å². The molecule has 1 aromatic heterocycles. The van der Waals surface area contributed by atoms with Crippen molar-refractivity contribution in [3.8, 4) is 5.75 Å². The zero-order valence-electron chi connectivity index (χ0n) is 18.3. The highest BCUT2D eigenvalue weighted by Gasteiger charge is 2.05. The molecule has 2 rings (SSSR count).